The number of rotatable bonds is 5. The lowest BCUT2D eigenvalue weighted by Gasteiger charge is -2.59. The molecule has 0 atom stereocenters. The van der Waals surface area contributed by atoms with Gasteiger partial charge in [-0.3, -0.25) is 19.6 Å². The van der Waals surface area contributed by atoms with Gasteiger partial charge in [-0.05, 0) is 87.5 Å². The first kappa shape index (κ1) is 17.5. The molecule has 0 spiro atoms. The monoisotopic (exact) mass is 358 g/mol. The van der Waals surface area contributed by atoms with Crippen molar-refractivity contribution in [1.82, 2.24) is 10.5 Å². The van der Waals surface area contributed by atoms with Crippen LogP contribution in [0.3, 0.4) is 0 Å². The van der Waals surface area contributed by atoms with Crippen molar-refractivity contribution in [2.45, 2.75) is 51.0 Å². The zero-order valence-electron chi connectivity index (χ0n) is 15.1. The van der Waals surface area contributed by atoms with E-state index in [-0.39, 0.29) is 11.4 Å². The van der Waals surface area contributed by atoms with Crippen LogP contribution >= 0.6 is 0 Å². The minimum absolute atomic E-state index is 0.134. The molecular weight excluding hydrogens is 332 g/mol. The second-order valence-electron chi connectivity index (χ2n) is 8.18. The van der Waals surface area contributed by atoms with Gasteiger partial charge in [0.2, 0.25) is 0 Å². The number of carbonyl (C=O) groups excluding carboxylic acids is 2. The second-order valence-corrected chi connectivity index (χ2v) is 8.18. The van der Waals surface area contributed by atoms with Crippen LogP contribution < -0.4 is 5.48 Å². The molecule has 4 bridgehead atoms. The largest absolute Gasteiger partial charge is 0.288 e. The molecule has 140 valence electrons. The quantitative estimate of drug-likeness (QED) is 0.626. The molecule has 4 saturated carbocycles. The standard InChI is InChI=1S/C20H26N2O4/c1-2-26-22(19(24)17-5-3-16(4-6-17)18(23)21-25)20-10-13-7-14(11-20)9-15(8-13)12-20/h3-6,13-15,25H,2,7-12H2,1H3,(H,21,23). The summed E-state index contributed by atoms with van der Waals surface area (Å²) in [5.74, 6) is 1.42. The van der Waals surface area contributed by atoms with Gasteiger partial charge in [-0.1, -0.05) is 0 Å². The predicted octanol–water partition coefficient (Wildman–Crippen LogP) is 3.17. The summed E-state index contributed by atoms with van der Waals surface area (Å²) in [4.78, 5) is 30.6. The Hall–Kier alpha value is -1.92. The van der Waals surface area contributed by atoms with Crippen molar-refractivity contribution in [2.24, 2.45) is 17.8 Å². The van der Waals surface area contributed by atoms with Crippen LogP contribution in [0.15, 0.2) is 24.3 Å². The molecule has 4 fully saturated rings. The molecule has 6 heteroatoms. The number of benzene rings is 1. The normalized spacial score (nSPS) is 31.7. The average molecular weight is 358 g/mol. The lowest BCUT2D eigenvalue weighted by molar-refractivity contribution is -0.226. The van der Waals surface area contributed by atoms with Gasteiger partial charge in [0.1, 0.15) is 0 Å². The van der Waals surface area contributed by atoms with Gasteiger partial charge in [-0.25, -0.2) is 10.5 Å². The SMILES string of the molecule is CCON(C(=O)c1ccc(C(=O)NO)cc1)C12CC3CC(CC(C3)C1)C2. The number of hydroxylamine groups is 3. The molecule has 0 aliphatic heterocycles. The van der Waals surface area contributed by atoms with Crippen molar-refractivity contribution in [3.8, 4) is 0 Å². The molecule has 26 heavy (non-hydrogen) atoms. The molecule has 0 unspecified atom stereocenters. The number of nitrogens with zero attached hydrogens (tertiary/aromatic N) is 1. The molecular formula is C20H26N2O4. The predicted molar refractivity (Wildman–Crippen MR) is 94.4 cm³/mol. The fourth-order valence-corrected chi connectivity index (χ4v) is 5.80. The zero-order chi connectivity index (χ0) is 18.3. The van der Waals surface area contributed by atoms with Crippen LogP contribution in [0.5, 0.6) is 0 Å². The number of hydrogen-bond donors (Lipinski definition) is 2. The molecule has 0 radical (unpaired) electrons. The number of hydrogen-bond acceptors (Lipinski definition) is 4. The van der Waals surface area contributed by atoms with Crippen LogP contribution in [0.4, 0.5) is 0 Å². The fraction of sp³-hybridized carbons (Fsp3) is 0.600. The van der Waals surface area contributed by atoms with Crippen LogP contribution in [-0.4, -0.2) is 34.2 Å². The molecule has 2 N–H and O–H groups in total. The Bertz CT molecular complexity index is 665. The van der Waals surface area contributed by atoms with Gasteiger partial charge in [0.05, 0.1) is 12.1 Å². The molecule has 0 heterocycles. The van der Waals surface area contributed by atoms with Crippen LogP contribution in [0.1, 0.15) is 66.2 Å². The van der Waals surface area contributed by atoms with Crippen molar-refractivity contribution < 1.29 is 19.6 Å². The fourth-order valence-electron chi connectivity index (χ4n) is 5.80. The Balaban J connectivity index is 1.60. The topological polar surface area (TPSA) is 78.9 Å². The summed E-state index contributed by atoms with van der Waals surface area (Å²) in [6.45, 7) is 2.37. The van der Waals surface area contributed by atoms with E-state index in [2.05, 4.69) is 0 Å². The number of nitrogens with one attached hydrogen (secondary N) is 1. The van der Waals surface area contributed by atoms with Gasteiger partial charge < -0.3 is 0 Å². The van der Waals surface area contributed by atoms with Crippen LogP contribution in [0, 0.1) is 17.8 Å². The number of amides is 2. The maximum atomic E-state index is 13.3. The maximum Gasteiger partial charge on any atom is 0.277 e. The molecule has 0 aromatic heterocycles. The maximum absolute atomic E-state index is 13.3. The zero-order valence-corrected chi connectivity index (χ0v) is 15.1. The molecule has 6 nitrogen and oxygen atoms in total. The molecule has 1 aromatic carbocycles. The van der Waals surface area contributed by atoms with Gasteiger partial charge in [-0.2, -0.15) is 0 Å². The smallest absolute Gasteiger partial charge is 0.277 e. The molecule has 4 aliphatic rings. The summed E-state index contributed by atoms with van der Waals surface area (Å²) >= 11 is 0. The van der Waals surface area contributed by atoms with E-state index in [0.717, 1.165) is 19.3 Å². The first-order valence-corrected chi connectivity index (χ1v) is 9.56. The van der Waals surface area contributed by atoms with E-state index >= 15 is 0 Å². The van der Waals surface area contributed by atoms with Crippen molar-refractivity contribution >= 4 is 11.8 Å². The highest BCUT2D eigenvalue weighted by Crippen LogP contribution is 2.58. The third-order valence-electron chi connectivity index (χ3n) is 6.37. The van der Waals surface area contributed by atoms with E-state index < -0.39 is 5.91 Å². The summed E-state index contributed by atoms with van der Waals surface area (Å²) in [6, 6.07) is 6.34. The number of carbonyl (C=O) groups is 2. The molecule has 1 aromatic rings. The van der Waals surface area contributed by atoms with E-state index in [1.165, 1.54) is 19.3 Å². The summed E-state index contributed by atoms with van der Waals surface area (Å²) in [5.41, 5.74) is 2.24. The van der Waals surface area contributed by atoms with Crippen LogP contribution in [0.25, 0.3) is 0 Å². The lowest BCUT2D eigenvalue weighted by atomic mass is 9.53. The Morgan fingerprint density at radius 1 is 1.08 bits per heavy atom. The Kier molecular flexibility index (Phi) is 4.49. The third-order valence-corrected chi connectivity index (χ3v) is 6.37. The summed E-state index contributed by atoms with van der Waals surface area (Å²) in [6.07, 6.45) is 7.02. The van der Waals surface area contributed by atoms with Crippen molar-refractivity contribution in [1.29, 1.82) is 0 Å². The summed E-state index contributed by atoms with van der Waals surface area (Å²) < 4.78 is 0. The minimum Gasteiger partial charge on any atom is -0.288 e. The third kappa shape index (κ3) is 2.91. The van der Waals surface area contributed by atoms with Gasteiger partial charge >= 0.3 is 0 Å². The average Bonchev–Trinajstić information content (AvgIpc) is 2.64. The van der Waals surface area contributed by atoms with Gasteiger partial charge in [0.25, 0.3) is 11.8 Å². The lowest BCUT2D eigenvalue weighted by Crippen LogP contribution is -2.61. The van der Waals surface area contributed by atoms with Gasteiger partial charge in [0.15, 0.2) is 0 Å². The first-order valence-electron chi connectivity index (χ1n) is 9.56. The van der Waals surface area contributed by atoms with Crippen LogP contribution in [0.2, 0.25) is 0 Å². The molecule has 0 saturated heterocycles. The van der Waals surface area contributed by atoms with Crippen molar-refractivity contribution in [3.05, 3.63) is 35.4 Å². The van der Waals surface area contributed by atoms with E-state index in [4.69, 9.17) is 10.0 Å². The van der Waals surface area contributed by atoms with E-state index in [1.54, 1.807) is 34.8 Å². The molecule has 4 aliphatic carbocycles. The summed E-state index contributed by atoms with van der Waals surface area (Å²) in [7, 11) is 0. The Labute approximate surface area is 153 Å². The first-order chi connectivity index (χ1) is 12.5. The van der Waals surface area contributed by atoms with Gasteiger partial charge in [0, 0.05) is 11.1 Å². The molecule has 2 amide bonds. The van der Waals surface area contributed by atoms with Gasteiger partial charge in [-0.15, -0.1) is 0 Å². The summed E-state index contributed by atoms with van der Waals surface area (Å²) in [5, 5.41) is 10.4. The second kappa shape index (κ2) is 6.67. The van der Waals surface area contributed by atoms with E-state index in [0.29, 0.717) is 35.5 Å². The van der Waals surface area contributed by atoms with Crippen molar-refractivity contribution in [3.63, 3.8) is 0 Å². The van der Waals surface area contributed by atoms with E-state index in [1.807, 2.05) is 6.92 Å². The Morgan fingerprint density at radius 3 is 2.04 bits per heavy atom. The Morgan fingerprint density at radius 2 is 1.58 bits per heavy atom. The highest BCUT2D eigenvalue weighted by atomic mass is 16.7. The van der Waals surface area contributed by atoms with Crippen molar-refractivity contribution in [2.75, 3.05) is 6.61 Å². The highest BCUT2D eigenvalue weighted by Gasteiger charge is 2.55. The van der Waals surface area contributed by atoms with E-state index in [9.17, 15) is 9.59 Å². The minimum atomic E-state index is -0.591. The van der Waals surface area contributed by atoms with Crippen LogP contribution in [-0.2, 0) is 4.84 Å². The highest BCUT2D eigenvalue weighted by molar-refractivity contribution is 5.97. The molecule has 5 rings (SSSR count).